The first kappa shape index (κ1) is 18.6. The number of cyclic esters (lactones) is 1. The van der Waals surface area contributed by atoms with Crippen LogP contribution in [-0.4, -0.2) is 51.9 Å². The van der Waals surface area contributed by atoms with Crippen molar-refractivity contribution in [3.63, 3.8) is 0 Å². The lowest BCUT2D eigenvalue weighted by Gasteiger charge is -2.32. The van der Waals surface area contributed by atoms with Crippen molar-refractivity contribution in [1.29, 1.82) is 0 Å². The van der Waals surface area contributed by atoms with Gasteiger partial charge in [0.25, 0.3) is 5.91 Å². The number of aromatic nitrogens is 2. The van der Waals surface area contributed by atoms with Gasteiger partial charge in [0.05, 0.1) is 18.1 Å². The molecule has 1 saturated heterocycles. The summed E-state index contributed by atoms with van der Waals surface area (Å²) in [5.74, 6) is 0.666. The molecule has 0 aliphatic carbocycles. The Kier molecular flexibility index (Phi) is 5.13. The minimum Gasteiger partial charge on any atom is -0.486 e. The fraction of sp³-hybridized carbons (Fsp3) is 0.421. The molecule has 2 aromatic rings. The summed E-state index contributed by atoms with van der Waals surface area (Å²) in [5, 5.41) is 4.78. The van der Waals surface area contributed by atoms with Gasteiger partial charge in [-0.2, -0.15) is 5.10 Å². The first-order chi connectivity index (χ1) is 13.5. The van der Waals surface area contributed by atoms with Gasteiger partial charge >= 0.3 is 5.97 Å². The Hall–Kier alpha value is -2.74. The molecule has 2 aliphatic heterocycles. The molecule has 1 amide bonds. The lowest BCUT2D eigenvalue weighted by Crippen LogP contribution is -2.46. The summed E-state index contributed by atoms with van der Waals surface area (Å²) in [7, 11) is 1.76. The second-order valence-corrected chi connectivity index (χ2v) is 7.24. The van der Waals surface area contributed by atoms with E-state index in [2.05, 4.69) is 5.10 Å². The second-order valence-electron chi connectivity index (χ2n) is 6.83. The number of para-hydroxylation sites is 2. The number of hydrogen-bond donors (Lipinski definition) is 0. The lowest BCUT2D eigenvalue weighted by atomic mass is 10.2. The largest absolute Gasteiger partial charge is 0.486 e. The van der Waals surface area contributed by atoms with Gasteiger partial charge in [-0.25, -0.2) is 0 Å². The van der Waals surface area contributed by atoms with Crippen LogP contribution >= 0.6 is 11.6 Å². The average molecular weight is 406 g/mol. The van der Waals surface area contributed by atoms with Crippen molar-refractivity contribution in [1.82, 2.24) is 14.7 Å². The summed E-state index contributed by atoms with van der Waals surface area (Å²) in [4.78, 5) is 26.0. The summed E-state index contributed by atoms with van der Waals surface area (Å²) < 4.78 is 18.5. The van der Waals surface area contributed by atoms with Crippen molar-refractivity contribution in [3.05, 3.63) is 41.2 Å². The van der Waals surface area contributed by atoms with Crippen LogP contribution in [0.4, 0.5) is 0 Å². The molecule has 28 heavy (non-hydrogen) atoms. The van der Waals surface area contributed by atoms with E-state index in [9.17, 15) is 9.59 Å². The first-order valence-electron chi connectivity index (χ1n) is 9.04. The monoisotopic (exact) mass is 405 g/mol. The van der Waals surface area contributed by atoms with Crippen molar-refractivity contribution in [3.8, 4) is 11.5 Å². The third-order valence-corrected chi connectivity index (χ3v) is 4.97. The maximum atomic E-state index is 13.0. The number of halogens is 1. The average Bonchev–Trinajstić information content (AvgIpc) is 3.25. The van der Waals surface area contributed by atoms with Crippen molar-refractivity contribution in [2.75, 3.05) is 13.2 Å². The quantitative estimate of drug-likeness (QED) is 0.707. The minimum atomic E-state index is -0.785. The molecule has 148 valence electrons. The number of esters is 1. The van der Waals surface area contributed by atoms with Crippen LogP contribution in [0.1, 0.15) is 18.5 Å². The summed E-state index contributed by atoms with van der Waals surface area (Å²) in [6.07, 6.45) is 1.14. The highest BCUT2D eigenvalue weighted by molar-refractivity contribution is 6.31. The molecule has 0 radical (unpaired) electrons. The van der Waals surface area contributed by atoms with E-state index in [0.29, 0.717) is 35.2 Å². The van der Waals surface area contributed by atoms with E-state index >= 15 is 0 Å². The smallest absolute Gasteiger partial charge is 0.306 e. The Balaban J connectivity index is 1.52. The number of aryl methyl sites for hydroxylation is 1. The molecule has 0 N–H and O–H groups in total. The molecule has 1 aromatic carbocycles. The van der Waals surface area contributed by atoms with Gasteiger partial charge in [-0.15, -0.1) is 0 Å². The zero-order valence-electron chi connectivity index (χ0n) is 15.3. The number of hydrogen-bond acceptors (Lipinski definition) is 6. The Morgan fingerprint density at radius 1 is 1.32 bits per heavy atom. The predicted molar refractivity (Wildman–Crippen MR) is 99.1 cm³/mol. The number of ether oxygens (including phenoxy) is 3. The zero-order chi connectivity index (χ0) is 19.7. The fourth-order valence-electron chi connectivity index (χ4n) is 3.33. The van der Waals surface area contributed by atoms with Gasteiger partial charge in [-0.05, 0) is 12.1 Å². The van der Waals surface area contributed by atoms with Crippen LogP contribution in [0.15, 0.2) is 30.5 Å². The number of benzene rings is 1. The van der Waals surface area contributed by atoms with Crippen LogP contribution in [0.25, 0.3) is 0 Å². The van der Waals surface area contributed by atoms with E-state index in [1.807, 2.05) is 24.3 Å². The van der Waals surface area contributed by atoms with Crippen LogP contribution in [0.2, 0.25) is 5.02 Å². The van der Waals surface area contributed by atoms with E-state index < -0.39 is 6.10 Å². The maximum Gasteiger partial charge on any atom is 0.306 e. The fourth-order valence-corrected chi connectivity index (χ4v) is 3.57. The number of fused-ring (bicyclic) bond motifs is 1. The first-order valence-corrected chi connectivity index (χ1v) is 9.42. The maximum absolute atomic E-state index is 13.0. The van der Waals surface area contributed by atoms with Crippen molar-refractivity contribution >= 4 is 23.5 Å². The summed E-state index contributed by atoms with van der Waals surface area (Å²) in [5.41, 5.74) is 0.568. The van der Waals surface area contributed by atoms with Gasteiger partial charge < -0.3 is 19.1 Å². The number of amides is 1. The van der Waals surface area contributed by atoms with E-state index in [1.165, 1.54) is 0 Å². The van der Waals surface area contributed by atoms with Crippen molar-refractivity contribution in [2.24, 2.45) is 7.05 Å². The molecule has 2 atom stereocenters. The molecule has 1 fully saturated rings. The van der Waals surface area contributed by atoms with E-state index in [1.54, 1.807) is 22.8 Å². The van der Waals surface area contributed by atoms with E-state index in [4.69, 9.17) is 25.8 Å². The van der Waals surface area contributed by atoms with Crippen molar-refractivity contribution < 1.29 is 23.8 Å². The van der Waals surface area contributed by atoms with E-state index in [-0.39, 0.29) is 37.5 Å². The van der Waals surface area contributed by atoms with Crippen LogP contribution < -0.4 is 9.47 Å². The van der Waals surface area contributed by atoms with Gasteiger partial charge in [0.15, 0.2) is 23.7 Å². The molecule has 1 aromatic heterocycles. The van der Waals surface area contributed by atoms with Crippen LogP contribution in [0.3, 0.4) is 0 Å². The lowest BCUT2D eigenvalue weighted by molar-refractivity contribution is -0.154. The Bertz CT molecular complexity index is 899. The molecule has 0 unspecified atom stereocenters. The number of nitrogens with zero attached hydrogens (tertiary/aromatic N) is 3. The van der Waals surface area contributed by atoms with Gasteiger partial charge in [-0.3, -0.25) is 14.3 Å². The van der Waals surface area contributed by atoms with Crippen molar-refractivity contribution in [2.45, 2.75) is 31.6 Å². The summed E-state index contributed by atoms with van der Waals surface area (Å²) in [6.45, 7) is 0.753. The third-order valence-electron chi connectivity index (χ3n) is 4.66. The molecule has 0 bridgehead atoms. The molecule has 8 nitrogen and oxygen atoms in total. The highest BCUT2D eigenvalue weighted by Gasteiger charge is 2.35. The second kappa shape index (κ2) is 7.71. The van der Waals surface area contributed by atoms with Crippen LogP contribution in [0, 0.1) is 0 Å². The molecule has 9 heteroatoms. The van der Waals surface area contributed by atoms with Gasteiger partial charge in [0.2, 0.25) is 0 Å². The molecule has 3 heterocycles. The standard InChI is InChI=1S/C19H20ClN3O5/c1-22-9-13(20)14(21-22)10-23(19(25)17-6-7-18(24)28-17)8-12-11-26-15-4-2-3-5-16(15)27-12/h2-5,9,12,17H,6-8,10-11H2,1H3/t12-,17+/m0/s1. The zero-order valence-corrected chi connectivity index (χ0v) is 16.1. The molecule has 0 spiro atoms. The molecular weight excluding hydrogens is 386 g/mol. The Labute approximate surface area is 166 Å². The minimum absolute atomic E-state index is 0.189. The van der Waals surface area contributed by atoms with Crippen LogP contribution in [-0.2, 0) is 27.9 Å². The topological polar surface area (TPSA) is 82.9 Å². The summed E-state index contributed by atoms with van der Waals surface area (Å²) in [6, 6.07) is 7.39. The SMILES string of the molecule is Cn1cc(Cl)c(CN(C[C@H]2COc3ccccc3O2)C(=O)[C@H]2CCC(=O)O2)n1. The molecule has 0 saturated carbocycles. The Morgan fingerprint density at radius 2 is 2.11 bits per heavy atom. The predicted octanol–water partition coefficient (Wildman–Crippen LogP) is 1.95. The number of carbonyl (C=O) groups excluding carboxylic acids is 2. The molecular formula is C19H20ClN3O5. The molecule has 2 aliphatic rings. The normalized spacial score (nSPS) is 20.7. The number of carbonyl (C=O) groups is 2. The highest BCUT2D eigenvalue weighted by atomic mass is 35.5. The van der Waals surface area contributed by atoms with Gasteiger partial charge in [-0.1, -0.05) is 23.7 Å². The van der Waals surface area contributed by atoms with Gasteiger partial charge in [0.1, 0.15) is 12.3 Å². The summed E-state index contributed by atoms with van der Waals surface area (Å²) >= 11 is 6.22. The highest BCUT2D eigenvalue weighted by Crippen LogP contribution is 2.31. The van der Waals surface area contributed by atoms with E-state index in [0.717, 1.165) is 0 Å². The molecule has 4 rings (SSSR count). The number of rotatable bonds is 5. The third kappa shape index (κ3) is 3.91. The van der Waals surface area contributed by atoms with Crippen LogP contribution in [0.5, 0.6) is 11.5 Å². The Morgan fingerprint density at radius 3 is 2.79 bits per heavy atom. The van der Waals surface area contributed by atoms with Gasteiger partial charge in [0, 0.05) is 26.1 Å².